The van der Waals surface area contributed by atoms with Crippen molar-refractivity contribution in [1.29, 1.82) is 0 Å². The van der Waals surface area contributed by atoms with Crippen molar-refractivity contribution in [3.8, 4) is 5.75 Å². The molecule has 0 fully saturated rings. The van der Waals surface area contributed by atoms with Crippen LogP contribution in [0.4, 0.5) is 0 Å². The van der Waals surface area contributed by atoms with Crippen LogP contribution in [0.15, 0.2) is 54.6 Å². The third-order valence-corrected chi connectivity index (χ3v) is 3.35. The van der Waals surface area contributed by atoms with Gasteiger partial charge in [0.1, 0.15) is 11.9 Å². The predicted molar refractivity (Wildman–Crippen MR) is 84.0 cm³/mol. The Balaban J connectivity index is 2.29. The summed E-state index contributed by atoms with van der Waals surface area (Å²) in [5.74, 6) is 0.916. The molecule has 2 aromatic carbocycles. The molecule has 0 spiro atoms. The number of nitrogens with two attached hydrogens (primary N) is 1. The normalized spacial score (nSPS) is 13.0. The zero-order chi connectivity index (χ0) is 14.6. The molecule has 0 aliphatic rings. The molecule has 2 rings (SSSR count). The molecule has 0 radical (unpaired) electrons. The fraction of sp³-hybridized carbons (Fsp3) is 0.333. The molecule has 1 atom stereocenters. The first-order valence-corrected chi connectivity index (χ1v) is 7.03. The average Bonchev–Trinajstić information content (AvgIpc) is 2.45. The maximum absolute atomic E-state index is 6.18. The second-order valence-electron chi connectivity index (χ2n) is 6.00. The van der Waals surface area contributed by atoms with Gasteiger partial charge >= 0.3 is 0 Å². The summed E-state index contributed by atoms with van der Waals surface area (Å²) in [5, 5.41) is 0. The molecule has 20 heavy (non-hydrogen) atoms. The Bertz CT molecular complexity index is 543. The van der Waals surface area contributed by atoms with Crippen molar-refractivity contribution in [2.45, 2.75) is 32.3 Å². The molecule has 2 nitrogen and oxygen atoms in total. The van der Waals surface area contributed by atoms with Gasteiger partial charge in [-0.25, -0.2) is 0 Å². The van der Waals surface area contributed by atoms with E-state index in [0.717, 1.165) is 11.3 Å². The number of para-hydroxylation sites is 1. The van der Waals surface area contributed by atoms with Crippen molar-refractivity contribution >= 4 is 0 Å². The van der Waals surface area contributed by atoms with Gasteiger partial charge in [0.2, 0.25) is 0 Å². The number of hydrogen-bond acceptors (Lipinski definition) is 2. The van der Waals surface area contributed by atoms with E-state index < -0.39 is 0 Å². The lowest BCUT2D eigenvalue weighted by atomic mass is 9.86. The molecule has 2 N–H and O–H groups in total. The zero-order valence-electron chi connectivity index (χ0n) is 12.5. The molecular weight excluding hydrogens is 246 g/mol. The lowest BCUT2D eigenvalue weighted by Gasteiger charge is -2.26. The largest absolute Gasteiger partial charge is 0.484 e. The molecule has 2 aromatic rings. The number of ether oxygens (including phenoxy) is 1. The van der Waals surface area contributed by atoms with Crippen LogP contribution in [0.5, 0.6) is 5.75 Å². The molecule has 0 saturated carbocycles. The molecule has 0 heterocycles. The Morgan fingerprint density at radius 2 is 1.55 bits per heavy atom. The van der Waals surface area contributed by atoms with Gasteiger partial charge in [-0.15, -0.1) is 0 Å². The van der Waals surface area contributed by atoms with E-state index in [-0.39, 0.29) is 11.5 Å². The Kier molecular flexibility index (Phi) is 4.46. The van der Waals surface area contributed by atoms with Gasteiger partial charge in [0.15, 0.2) is 0 Å². The van der Waals surface area contributed by atoms with E-state index in [4.69, 9.17) is 10.5 Å². The summed E-state index contributed by atoms with van der Waals surface area (Å²) in [6.45, 7) is 7.03. The highest BCUT2D eigenvalue weighted by Gasteiger charge is 2.20. The minimum absolute atomic E-state index is 0.0480. The molecule has 0 aliphatic carbocycles. The predicted octanol–water partition coefficient (Wildman–Crippen LogP) is 4.06. The fourth-order valence-electron chi connectivity index (χ4n) is 2.26. The molecular formula is C18H23NO. The van der Waals surface area contributed by atoms with Crippen LogP contribution in [-0.2, 0) is 5.41 Å². The second-order valence-corrected chi connectivity index (χ2v) is 6.00. The zero-order valence-corrected chi connectivity index (χ0v) is 12.5. The summed E-state index contributed by atoms with van der Waals surface area (Å²) in [5.41, 5.74) is 8.25. The first-order valence-electron chi connectivity index (χ1n) is 7.03. The molecule has 1 unspecified atom stereocenters. The lowest BCUT2D eigenvalue weighted by Crippen LogP contribution is -2.21. The van der Waals surface area contributed by atoms with Gasteiger partial charge < -0.3 is 10.5 Å². The van der Waals surface area contributed by atoms with Crippen molar-refractivity contribution in [1.82, 2.24) is 0 Å². The van der Waals surface area contributed by atoms with Crippen molar-refractivity contribution < 1.29 is 4.74 Å². The Labute approximate surface area is 121 Å². The smallest absolute Gasteiger partial charge is 0.136 e. The lowest BCUT2D eigenvalue weighted by molar-refractivity contribution is 0.209. The van der Waals surface area contributed by atoms with E-state index in [1.165, 1.54) is 5.56 Å². The number of hydrogen-bond donors (Lipinski definition) is 1. The van der Waals surface area contributed by atoms with Crippen molar-refractivity contribution in [3.05, 3.63) is 65.7 Å². The SMILES string of the molecule is CC(C)(C)c1ccccc1OC(CN)c1ccccc1. The van der Waals surface area contributed by atoms with E-state index in [1.54, 1.807) is 0 Å². The van der Waals surface area contributed by atoms with Crippen molar-refractivity contribution in [3.63, 3.8) is 0 Å². The van der Waals surface area contributed by atoms with E-state index in [9.17, 15) is 0 Å². The quantitative estimate of drug-likeness (QED) is 0.908. The highest BCUT2D eigenvalue weighted by molar-refractivity contribution is 5.39. The summed E-state index contributed by atoms with van der Waals surface area (Å²) in [6.07, 6.45) is -0.111. The molecule has 0 saturated heterocycles. The van der Waals surface area contributed by atoms with Crippen LogP contribution in [0.25, 0.3) is 0 Å². The van der Waals surface area contributed by atoms with Crippen LogP contribution in [0.2, 0.25) is 0 Å². The molecule has 0 aliphatic heterocycles. The number of benzene rings is 2. The standard InChI is InChI=1S/C18H23NO/c1-18(2,3)15-11-7-8-12-16(15)20-17(13-19)14-9-5-4-6-10-14/h4-12,17H,13,19H2,1-3H3. The molecule has 0 amide bonds. The summed E-state index contributed by atoms with van der Waals surface area (Å²) < 4.78 is 6.18. The van der Waals surface area contributed by atoms with Gasteiger partial charge in [-0.1, -0.05) is 69.3 Å². The van der Waals surface area contributed by atoms with Gasteiger partial charge in [0.05, 0.1) is 0 Å². The van der Waals surface area contributed by atoms with Crippen LogP contribution >= 0.6 is 0 Å². The molecule has 106 valence electrons. The van der Waals surface area contributed by atoms with Crippen molar-refractivity contribution in [2.75, 3.05) is 6.54 Å². The minimum Gasteiger partial charge on any atom is -0.484 e. The molecule has 2 heteroatoms. The second kappa shape index (κ2) is 6.10. The van der Waals surface area contributed by atoms with Crippen LogP contribution in [0.1, 0.15) is 38.0 Å². The van der Waals surface area contributed by atoms with Gasteiger partial charge in [-0.05, 0) is 22.6 Å². The Morgan fingerprint density at radius 1 is 0.950 bits per heavy atom. The maximum Gasteiger partial charge on any atom is 0.136 e. The van der Waals surface area contributed by atoms with E-state index in [0.29, 0.717) is 6.54 Å². The van der Waals surface area contributed by atoms with E-state index in [1.807, 2.05) is 36.4 Å². The highest BCUT2D eigenvalue weighted by Crippen LogP contribution is 2.33. The molecule has 0 bridgehead atoms. The Hall–Kier alpha value is -1.80. The minimum atomic E-state index is -0.111. The van der Waals surface area contributed by atoms with Crippen LogP contribution in [0.3, 0.4) is 0 Å². The van der Waals surface area contributed by atoms with Gasteiger partial charge in [-0.3, -0.25) is 0 Å². The summed E-state index contributed by atoms with van der Waals surface area (Å²) in [6, 6.07) is 18.3. The summed E-state index contributed by atoms with van der Waals surface area (Å²) in [7, 11) is 0. The topological polar surface area (TPSA) is 35.2 Å². The number of rotatable bonds is 4. The van der Waals surface area contributed by atoms with E-state index >= 15 is 0 Å². The van der Waals surface area contributed by atoms with Crippen molar-refractivity contribution in [2.24, 2.45) is 5.73 Å². The summed E-state index contributed by atoms with van der Waals surface area (Å²) >= 11 is 0. The van der Waals surface area contributed by atoms with Crippen LogP contribution in [-0.4, -0.2) is 6.54 Å². The molecule has 0 aromatic heterocycles. The van der Waals surface area contributed by atoms with Crippen LogP contribution < -0.4 is 10.5 Å². The fourth-order valence-corrected chi connectivity index (χ4v) is 2.26. The monoisotopic (exact) mass is 269 g/mol. The first-order chi connectivity index (χ1) is 9.52. The van der Waals surface area contributed by atoms with Crippen LogP contribution in [0, 0.1) is 0 Å². The van der Waals surface area contributed by atoms with E-state index in [2.05, 4.69) is 39.0 Å². The summed E-state index contributed by atoms with van der Waals surface area (Å²) in [4.78, 5) is 0. The van der Waals surface area contributed by atoms with Gasteiger partial charge in [0.25, 0.3) is 0 Å². The Morgan fingerprint density at radius 3 is 2.15 bits per heavy atom. The third kappa shape index (κ3) is 3.40. The average molecular weight is 269 g/mol. The highest BCUT2D eigenvalue weighted by atomic mass is 16.5. The maximum atomic E-state index is 6.18. The third-order valence-electron chi connectivity index (χ3n) is 3.35. The first kappa shape index (κ1) is 14.6. The van der Waals surface area contributed by atoms with Gasteiger partial charge in [-0.2, -0.15) is 0 Å². The van der Waals surface area contributed by atoms with Gasteiger partial charge in [0, 0.05) is 6.54 Å².